The molecule has 0 radical (unpaired) electrons. The molecule has 1 saturated carbocycles. The monoisotopic (exact) mass is 328 g/mol. The number of piperidine rings is 1. The molecule has 3 aliphatic rings. The Bertz CT molecular complexity index is 534. The third-order valence-corrected chi connectivity index (χ3v) is 6.52. The zero-order valence-electron chi connectivity index (χ0n) is 15.1. The number of methoxy groups -OCH3 is 1. The van der Waals surface area contributed by atoms with Crippen molar-refractivity contribution in [2.75, 3.05) is 44.7 Å². The van der Waals surface area contributed by atoms with E-state index in [-0.39, 0.29) is 0 Å². The van der Waals surface area contributed by atoms with E-state index in [1.165, 1.54) is 70.4 Å². The molecule has 0 N–H and O–H groups in total. The summed E-state index contributed by atoms with van der Waals surface area (Å²) in [4.78, 5) is 5.28. The van der Waals surface area contributed by atoms with Gasteiger partial charge < -0.3 is 14.5 Å². The maximum atomic E-state index is 5.51. The normalized spacial score (nSPS) is 26.7. The molecule has 0 aromatic heterocycles. The van der Waals surface area contributed by atoms with Crippen LogP contribution in [0.15, 0.2) is 24.3 Å². The van der Waals surface area contributed by atoms with Crippen LogP contribution in [0.1, 0.15) is 50.0 Å². The molecular formula is C21H32N2O. The number of rotatable bonds is 5. The van der Waals surface area contributed by atoms with Gasteiger partial charge in [-0.3, -0.25) is 0 Å². The highest BCUT2D eigenvalue weighted by Crippen LogP contribution is 2.41. The summed E-state index contributed by atoms with van der Waals surface area (Å²) in [6.45, 7) is 6.11. The summed E-state index contributed by atoms with van der Waals surface area (Å²) in [6.07, 6.45) is 8.56. The van der Waals surface area contributed by atoms with Crippen LogP contribution in [-0.4, -0.2) is 50.8 Å². The largest absolute Gasteiger partial charge is 0.380 e. The first-order valence-corrected chi connectivity index (χ1v) is 9.92. The van der Waals surface area contributed by atoms with E-state index in [4.69, 9.17) is 4.74 Å². The summed E-state index contributed by atoms with van der Waals surface area (Å²) in [5, 5.41) is 0. The van der Waals surface area contributed by atoms with Crippen LogP contribution in [0.25, 0.3) is 0 Å². The van der Waals surface area contributed by atoms with Crippen LogP contribution in [0.5, 0.6) is 0 Å². The number of para-hydroxylation sites is 1. The first-order valence-electron chi connectivity index (χ1n) is 9.92. The molecule has 4 rings (SSSR count). The van der Waals surface area contributed by atoms with E-state index in [2.05, 4.69) is 34.1 Å². The van der Waals surface area contributed by atoms with Crippen molar-refractivity contribution in [3.05, 3.63) is 29.8 Å². The van der Waals surface area contributed by atoms with Crippen LogP contribution >= 0.6 is 0 Å². The Morgan fingerprint density at radius 3 is 2.46 bits per heavy atom. The highest BCUT2D eigenvalue weighted by atomic mass is 16.5. The van der Waals surface area contributed by atoms with Gasteiger partial charge in [-0.15, -0.1) is 0 Å². The van der Waals surface area contributed by atoms with Gasteiger partial charge in [-0.2, -0.15) is 0 Å². The quantitative estimate of drug-likeness (QED) is 0.815. The number of hydrogen-bond acceptors (Lipinski definition) is 3. The predicted molar refractivity (Wildman–Crippen MR) is 99.8 cm³/mol. The molecule has 1 aromatic carbocycles. The van der Waals surface area contributed by atoms with E-state index in [9.17, 15) is 0 Å². The van der Waals surface area contributed by atoms with Crippen LogP contribution in [0.3, 0.4) is 0 Å². The van der Waals surface area contributed by atoms with Crippen molar-refractivity contribution in [3.63, 3.8) is 0 Å². The van der Waals surface area contributed by atoms with Crippen LogP contribution in [0, 0.1) is 5.92 Å². The first-order chi connectivity index (χ1) is 11.8. The minimum Gasteiger partial charge on any atom is -0.380 e. The molecule has 0 unspecified atom stereocenters. The lowest BCUT2D eigenvalue weighted by Crippen LogP contribution is -2.39. The number of benzene rings is 1. The molecule has 1 aliphatic carbocycles. The SMILES string of the molecule is CO[C@@H]1CCN(CC2CCN(c3ccccc3C3CCC3)CC2)C1. The second-order valence-corrected chi connectivity index (χ2v) is 8.02. The molecule has 3 nitrogen and oxygen atoms in total. The second-order valence-electron chi connectivity index (χ2n) is 8.02. The molecule has 0 spiro atoms. The van der Waals surface area contributed by atoms with E-state index in [1.807, 2.05) is 7.11 Å². The molecule has 2 aliphatic heterocycles. The van der Waals surface area contributed by atoms with Crippen LogP contribution in [0.2, 0.25) is 0 Å². The van der Waals surface area contributed by atoms with Gasteiger partial charge in [-0.05, 0) is 55.6 Å². The fourth-order valence-electron chi connectivity index (χ4n) is 4.72. The number of hydrogen-bond donors (Lipinski definition) is 0. The summed E-state index contributed by atoms with van der Waals surface area (Å²) >= 11 is 0. The third kappa shape index (κ3) is 3.48. The van der Waals surface area contributed by atoms with Gasteiger partial charge >= 0.3 is 0 Å². The van der Waals surface area contributed by atoms with Gasteiger partial charge in [0.1, 0.15) is 0 Å². The Morgan fingerprint density at radius 2 is 1.79 bits per heavy atom. The van der Waals surface area contributed by atoms with Gasteiger partial charge in [0.15, 0.2) is 0 Å². The fourth-order valence-corrected chi connectivity index (χ4v) is 4.72. The molecule has 0 amide bonds. The van der Waals surface area contributed by atoms with Crippen molar-refractivity contribution in [1.82, 2.24) is 4.90 Å². The topological polar surface area (TPSA) is 15.7 Å². The Labute approximate surface area is 147 Å². The van der Waals surface area contributed by atoms with Gasteiger partial charge in [-0.1, -0.05) is 24.6 Å². The lowest BCUT2D eigenvalue weighted by molar-refractivity contribution is 0.105. The molecular weight excluding hydrogens is 296 g/mol. The predicted octanol–water partition coefficient (Wildman–Crippen LogP) is 3.89. The Kier molecular flexibility index (Phi) is 5.09. The standard InChI is InChI=1S/C21H32N2O/c1-24-19-11-12-22(16-19)15-17-9-13-23(14-10-17)21-8-3-2-7-20(21)18-5-4-6-18/h2-3,7-8,17-19H,4-6,9-16H2,1H3/t19-/m1/s1. The maximum Gasteiger partial charge on any atom is 0.0710 e. The summed E-state index contributed by atoms with van der Waals surface area (Å²) in [5.74, 6) is 1.70. The zero-order chi connectivity index (χ0) is 16.4. The first kappa shape index (κ1) is 16.4. The average molecular weight is 329 g/mol. The number of anilines is 1. The van der Waals surface area contributed by atoms with Gasteiger partial charge in [0.2, 0.25) is 0 Å². The lowest BCUT2D eigenvalue weighted by Gasteiger charge is -2.38. The number of ether oxygens (including phenoxy) is 1. The van der Waals surface area contributed by atoms with E-state index < -0.39 is 0 Å². The molecule has 132 valence electrons. The second kappa shape index (κ2) is 7.45. The highest BCUT2D eigenvalue weighted by Gasteiger charge is 2.28. The van der Waals surface area contributed by atoms with Crippen LogP contribution in [-0.2, 0) is 4.74 Å². The summed E-state index contributed by atoms with van der Waals surface area (Å²) < 4.78 is 5.51. The molecule has 2 heterocycles. The summed E-state index contributed by atoms with van der Waals surface area (Å²) in [6, 6.07) is 9.18. The van der Waals surface area contributed by atoms with Crippen LogP contribution < -0.4 is 4.90 Å². The lowest BCUT2D eigenvalue weighted by atomic mass is 9.79. The molecule has 0 bridgehead atoms. The molecule has 1 aromatic rings. The van der Waals surface area contributed by atoms with Gasteiger partial charge in [0, 0.05) is 45.5 Å². The number of likely N-dealkylation sites (tertiary alicyclic amines) is 1. The van der Waals surface area contributed by atoms with Crippen molar-refractivity contribution in [2.24, 2.45) is 5.92 Å². The molecule has 1 atom stereocenters. The third-order valence-electron chi connectivity index (χ3n) is 6.52. The minimum atomic E-state index is 0.472. The van der Waals surface area contributed by atoms with Crippen molar-refractivity contribution in [2.45, 2.75) is 50.5 Å². The van der Waals surface area contributed by atoms with Crippen LogP contribution in [0.4, 0.5) is 5.69 Å². The zero-order valence-corrected chi connectivity index (χ0v) is 15.1. The van der Waals surface area contributed by atoms with Gasteiger partial charge in [0.25, 0.3) is 0 Å². The molecule has 3 fully saturated rings. The van der Waals surface area contributed by atoms with Crippen molar-refractivity contribution in [1.29, 1.82) is 0 Å². The van der Waals surface area contributed by atoms with E-state index in [0.717, 1.165) is 18.4 Å². The number of nitrogens with zero attached hydrogens (tertiary/aromatic N) is 2. The molecule has 24 heavy (non-hydrogen) atoms. The minimum absolute atomic E-state index is 0.472. The van der Waals surface area contributed by atoms with Crippen molar-refractivity contribution in [3.8, 4) is 0 Å². The molecule has 2 saturated heterocycles. The van der Waals surface area contributed by atoms with E-state index >= 15 is 0 Å². The van der Waals surface area contributed by atoms with Crippen molar-refractivity contribution >= 4 is 5.69 Å². The average Bonchev–Trinajstić information content (AvgIpc) is 3.02. The smallest absolute Gasteiger partial charge is 0.0710 e. The van der Waals surface area contributed by atoms with Crippen molar-refractivity contribution < 1.29 is 4.74 Å². The Balaban J connectivity index is 1.32. The van der Waals surface area contributed by atoms with Gasteiger partial charge in [-0.25, -0.2) is 0 Å². The van der Waals surface area contributed by atoms with Gasteiger partial charge in [0.05, 0.1) is 6.10 Å². The highest BCUT2D eigenvalue weighted by molar-refractivity contribution is 5.56. The summed E-state index contributed by atoms with van der Waals surface area (Å²) in [7, 11) is 1.85. The Morgan fingerprint density at radius 1 is 1.00 bits per heavy atom. The van der Waals surface area contributed by atoms with E-state index in [1.54, 1.807) is 5.56 Å². The Hall–Kier alpha value is -1.06. The summed E-state index contributed by atoms with van der Waals surface area (Å²) in [5.41, 5.74) is 3.14. The fraction of sp³-hybridized carbons (Fsp3) is 0.714. The maximum absolute atomic E-state index is 5.51. The molecule has 3 heteroatoms. The van der Waals surface area contributed by atoms with E-state index in [0.29, 0.717) is 6.10 Å².